The van der Waals surface area contributed by atoms with Gasteiger partial charge in [-0.1, -0.05) is 55.3 Å². The quantitative estimate of drug-likeness (QED) is 0.469. The molecule has 0 spiro atoms. The maximum absolute atomic E-state index is 13.0. The summed E-state index contributed by atoms with van der Waals surface area (Å²) in [6.07, 6.45) is 12.3. The van der Waals surface area contributed by atoms with Crippen LogP contribution in [0.5, 0.6) is 0 Å². The fourth-order valence-electron chi connectivity index (χ4n) is 7.06. The van der Waals surface area contributed by atoms with Gasteiger partial charge in [-0.05, 0) is 93.1 Å². The van der Waals surface area contributed by atoms with E-state index >= 15 is 0 Å². The number of aliphatic hydroxyl groups excluding tert-OH is 2. The molecule has 0 bridgehead atoms. The molecule has 1 aromatic carbocycles. The van der Waals surface area contributed by atoms with Crippen LogP contribution in [0.1, 0.15) is 71.6 Å². The van der Waals surface area contributed by atoms with Crippen LogP contribution in [0.25, 0.3) is 0 Å². The average molecular weight is 472 g/mol. The van der Waals surface area contributed by atoms with E-state index in [1.54, 1.807) is 0 Å². The van der Waals surface area contributed by atoms with Crippen LogP contribution in [0.4, 0.5) is 0 Å². The fourth-order valence-corrected chi connectivity index (χ4v) is 8.59. The first kappa shape index (κ1) is 24.7. The highest BCUT2D eigenvalue weighted by Gasteiger charge is 2.50. The number of hydrogen-bond acceptors (Lipinski definition) is 4. The van der Waals surface area contributed by atoms with Crippen LogP contribution in [0.15, 0.2) is 58.5 Å². The van der Waals surface area contributed by atoms with Gasteiger partial charge < -0.3 is 10.2 Å². The molecule has 0 saturated heterocycles. The van der Waals surface area contributed by atoms with Crippen molar-refractivity contribution < 1.29 is 14.4 Å². The smallest absolute Gasteiger partial charge is 0.0726 e. The van der Waals surface area contributed by atoms with Gasteiger partial charge in [-0.25, -0.2) is 8.99 Å². The molecular formula is C28H41NO3S. The van der Waals surface area contributed by atoms with E-state index in [4.69, 9.17) is 4.78 Å². The summed E-state index contributed by atoms with van der Waals surface area (Å²) in [6, 6.07) is 9.29. The molecule has 0 amide bonds. The van der Waals surface area contributed by atoms with Crippen molar-refractivity contribution in [2.75, 3.05) is 5.75 Å². The molecule has 7 atom stereocenters. The molecule has 3 N–H and O–H groups in total. The molecule has 3 aliphatic carbocycles. The average Bonchev–Trinajstić information content (AvgIpc) is 3.13. The van der Waals surface area contributed by atoms with Crippen molar-refractivity contribution in [1.29, 1.82) is 4.78 Å². The number of benzene rings is 1. The second-order valence-corrected chi connectivity index (χ2v) is 13.3. The third kappa shape index (κ3) is 5.47. The summed E-state index contributed by atoms with van der Waals surface area (Å²) in [7, 11) is -2.73. The third-order valence-electron chi connectivity index (χ3n) is 8.78. The molecule has 33 heavy (non-hydrogen) atoms. The zero-order valence-electron chi connectivity index (χ0n) is 20.2. The summed E-state index contributed by atoms with van der Waals surface area (Å²) < 4.78 is 21.5. The Balaban J connectivity index is 1.44. The van der Waals surface area contributed by atoms with Crippen LogP contribution in [0.2, 0.25) is 0 Å². The Morgan fingerprint density at radius 3 is 2.55 bits per heavy atom. The first-order valence-electron chi connectivity index (χ1n) is 12.8. The summed E-state index contributed by atoms with van der Waals surface area (Å²) in [5.74, 6) is 2.08. The van der Waals surface area contributed by atoms with E-state index in [0.29, 0.717) is 47.7 Å². The first-order valence-corrected chi connectivity index (χ1v) is 14.5. The molecule has 0 radical (unpaired) electrons. The van der Waals surface area contributed by atoms with Gasteiger partial charge in [-0.2, -0.15) is 0 Å². The monoisotopic (exact) mass is 471 g/mol. The molecule has 0 aromatic heterocycles. The molecule has 4 rings (SSSR count). The van der Waals surface area contributed by atoms with E-state index < -0.39 is 21.9 Å². The molecule has 0 heterocycles. The number of rotatable bonds is 6. The van der Waals surface area contributed by atoms with Gasteiger partial charge in [0.25, 0.3) is 0 Å². The number of aliphatic hydroxyl groups is 2. The molecule has 3 saturated carbocycles. The minimum Gasteiger partial charge on any atom is -0.393 e. The van der Waals surface area contributed by atoms with Gasteiger partial charge >= 0.3 is 0 Å². The maximum atomic E-state index is 13.0. The minimum absolute atomic E-state index is 0.267. The number of fused-ring (bicyclic) bond motifs is 1. The van der Waals surface area contributed by atoms with Gasteiger partial charge in [0.05, 0.1) is 21.9 Å². The van der Waals surface area contributed by atoms with Crippen molar-refractivity contribution in [3.63, 3.8) is 0 Å². The topological polar surface area (TPSA) is 81.4 Å². The van der Waals surface area contributed by atoms with E-state index in [9.17, 15) is 14.4 Å². The second kappa shape index (κ2) is 10.1. The Morgan fingerprint density at radius 2 is 1.85 bits per heavy atom. The summed E-state index contributed by atoms with van der Waals surface area (Å²) in [4.78, 5) is 0.654. The van der Waals surface area contributed by atoms with Crippen LogP contribution < -0.4 is 0 Å². The fraction of sp³-hybridized carbons (Fsp3) is 0.643. The molecule has 5 heteroatoms. The first-order chi connectivity index (χ1) is 15.7. The van der Waals surface area contributed by atoms with Crippen molar-refractivity contribution >= 4 is 9.73 Å². The Hall–Kier alpha value is -1.43. The zero-order valence-corrected chi connectivity index (χ0v) is 21.0. The largest absolute Gasteiger partial charge is 0.393 e. The molecule has 1 aromatic rings. The van der Waals surface area contributed by atoms with Gasteiger partial charge in [-0.3, -0.25) is 0 Å². The number of allylic oxidation sites excluding steroid dienone is 3. The summed E-state index contributed by atoms with van der Waals surface area (Å²) in [6.45, 7) is 4.78. The lowest BCUT2D eigenvalue weighted by molar-refractivity contribution is 0.0609. The summed E-state index contributed by atoms with van der Waals surface area (Å²) in [5.41, 5.74) is 2.97. The minimum atomic E-state index is -2.73. The van der Waals surface area contributed by atoms with Crippen LogP contribution >= 0.6 is 0 Å². The lowest BCUT2D eigenvalue weighted by Gasteiger charge is -2.44. The number of hydrogen-bond donors (Lipinski definition) is 3. The third-order valence-corrected chi connectivity index (χ3v) is 10.6. The molecule has 0 unspecified atom stereocenters. The van der Waals surface area contributed by atoms with Crippen LogP contribution in [0.3, 0.4) is 0 Å². The molecular weight excluding hydrogens is 430 g/mol. The van der Waals surface area contributed by atoms with E-state index in [1.807, 2.05) is 30.3 Å². The van der Waals surface area contributed by atoms with Crippen molar-refractivity contribution in [2.24, 2.45) is 23.2 Å². The Morgan fingerprint density at radius 1 is 1.15 bits per heavy atom. The maximum Gasteiger partial charge on any atom is 0.0726 e. The molecule has 3 aliphatic rings. The summed E-state index contributed by atoms with van der Waals surface area (Å²) >= 11 is 0. The molecule has 3 fully saturated rings. The van der Waals surface area contributed by atoms with E-state index in [1.165, 1.54) is 31.3 Å². The van der Waals surface area contributed by atoms with Crippen molar-refractivity contribution in [3.05, 3.63) is 53.6 Å². The van der Waals surface area contributed by atoms with Crippen molar-refractivity contribution in [1.82, 2.24) is 0 Å². The second-order valence-electron chi connectivity index (χ2n) is 11.1. The van der Waals surface area contributed by atoms with E-state index in [0.717, 1.165) is 18.4 Å². The van der Waals surface area contributed by atoms with E-state index in [2.05, 4.69) is 26.0 Å². The highest BCUT2D eigenvalue weighted by Crippen LogP contribution is 2.59. The van der Waals surface area contributed by atoms with Crippen LogP contribution in [-0.4, -0.2) is 32.4 Å². The van der Waals surface area contributed by atoms with Crippen molar-refractivity contribution in [2.45, 2.75) is 88.7 Å². The highest BCUT2D eigenvalue weighted by molar-refractivity contribution is 7.92. The van der Waals surface area contributed by atoms with Gasteiger partial charge in [0.1, 0.15) is 0 Å². The van der Waals surface area contributed by atoms with Gasteiger partial charge in [-0.15, -0.1) is 0 Å². The SMILES string of the molecule is C[C@H](CC[S@@](=N)(=O)c1ccccc1)[C@H]1CC[C@H]2/C(=C/C=C3C[C@@H](O)C[C@H](O)C3)CCC[C@]12C. The Labute approximate surface area is 200 Å². The van der Waals surface area contributed by atoms with Gasteiger partial charge in [0, 0.05) is 10.6 Å². The lowest BCUT2D eigenvalue weighted by Crippen LogP contribution is -2.36. The molecule has 4 nitrogen and oxygen atoms in total. The van der Waals surface area contributed by atoms with Gasteiger partial charge in [0.15, 0.2) is 0 Å². The van der Waals surface area contributed by atoms with Crippen LogP contribution in [0, 0.1) is 27.9 Å². The van der Waals surface area contributed by atoms with E-state index in [-0.39, 0.29) is 5.41 Å². The Kier molecular flexibility index (Phi) is 7.52. The van der Waals surface area contributed by atoms with Gasteiger partial charge in [0.2, 0.25) is 0 Å². The van der Waals surface area contributed by atoms with Crippen LogP contribution in [-0.2, 0) is 9.73 Å². The predicted octanol–water partition coefficient (Wildman–Crippen LogP) is 6.09. The zero-order chi connectivity index (χ0) is 23.6. The lowest BCUT2D eigenvalue weighted by atomic mass is 9.61. The highest BCUT2D eigenvalue weighted by atomic mass is 32.2. The normalized spacial score (nSPS) is 36.2. The predicted molar refractivity (Wildman–Crippen MR) is 134 cm³/mol. The Bertz CT molecular complexity index is 972. The number of nitrogens with one attached hydrogen (secondary N) is 1. The summed E-state index contributed by atoms with van der Waals surface area (Å²) in [5, 5.41) is 20.0. The molecule has 0 aliphatic heterocycles. The standard InChI is InChI=1S/C28H41NO3S/c1-20(14-16-33(29,32)25-8-4-3-5-9-25)26-12-13-27-22(7-6-15-28(26,27)2)11-10-21-17-23(30)19-24(31)18-21/h3-5,8-11,20,23-24,26-27,29-31H,6-7,12-19H2,1-2H3/b22-11+/t20-,23-,24-,26-,27+,28-,33-/m1/s1. The van der Waals surface area contributed by atoms with Crippen molar-refractivity contribution in [3.8, 4) is 0 Å². The molecule has 182 valence electrons.